The normalized spacial score (nSPS) is 12.8. The van der Waals surface area contributed by atoms with Gasteiger partial charge in [0.2, 0.25) is 5.82 Å². The zero-order valence-electron chi connectivity index (χ0n) is 12.2. The molecule has 9 heteroatoms. The van der Waals surface area contributed by atoms with Crippen LogP contribution in [-0.4, -0.2) is 52.4 Å². The quantitative estimate of drug-likeness (QED) is 0.596. The molecule has 1 atom stereocenters. The maximum Gasteiger partial charge on any atom is 0.439 e. The average Bonchev–Trinajstić information content (AvgIpc) is 3.12. The highest BCUT2D eigenvalue weighted by molar-refractivity contribution is 5.77. The molecule has 1 unspecified atom stereocenters. The average molecular weight is 304 g/mol. The van der Waals surface area contributed by atoms with Gasteiger partial charge >= 0.3 is 5.76 Å². The van der Waals surface area contributed by atoms with Crippen LogP contribution in [0.5, 0.6) is 0 Å². The lowest BCUT2D eigenvalue weighted by molar-refractivity contribution is 0.176. The molecule has 116 valence electrons. The first-order chi connectivity index (χ1) is 10.7. The number of H-pyrrole nitrogens is 2. The summed E-state index contributed by atoms with van der Waals surface area (Å²) in [5, 5.41) is 6.74. The molecule has 3 heterocycles. The number of hydrogen-bond donors (Lipinski definition) is 3. The minimum atomic E-state index is -0.617. The number of aromatic nitrogens is 5. The van der Waals surface area contributed by atoms with Gasteiger partial charge in [0.1, 0.15) is 11.5 Å². The molecule has 0 saturated heterocycles. The number of likely N-dealkylation sites (N-methyl/N-ethyl adjacent to an activating group) is 1. The van der Waals surface area contributed by atoms with Gasteiger partial charge in [-0.15, -0.1) is 0 Å². The SMILES string of the molecule is CNCC(COC)c1nc2cc(-c3noc(=O)[nH]3)ncc2[nH]1. The highest BCUT2D eigenvalue weighted by atomic mass is 16.5. The standard InChI is InChI=1S/C13H16N6O3/c1-14-4-7(6-21-2)11-16-8-3-9(15-5-10(8)17-11)12-18-13(20)22-19-12/h3,5,7,14H,4,6H2,1-2H3,(H,16,17)(H,18,19,20). The second-order valence-corrected chi connectivity index (χ2v) is 4.86. The van der Waals surface area contributed by atoms with E-state index in [1.54, 1.807) is 19.4 Å². The summed E-state index contributed by atoms with van der Waals surface area (Å²) >= 11 is 0. The minimum absolute atomic E-state index is 0.109. The van der Waals surface area contributed by atoms with Crippen molar-refractivity contribution in [1.82, 2.24) is 30.4 Å². The first kappa shape index (κ1) is 14.4. The molecule has 3 aromatic heterocycles. The van der Waals surface area contributed by atoms with Crippen LogP contribution in [0.2, 0.25) is 0 Å². The van der Waals surface area contributed by atoms with Gasteiger partial charge in [-0.25, -0.2) is 9.78 Å². The lowest BCUT2D eigenvalue weighted by Gasteiger charge is -2.12. The largest absolute Gasteiger partial charge is 0.439 e. The molecule has 0 aliphatic heterocycles. The van der Waals surface area contributed by atoms with Crippen molar-refractivity contribution in [2.24, 2.45) is 0 Å². The van der Waals surface area contributed by atoms with Crippen molar-refractivity contribution in [3.63, 3.8) is 0 Å². The number of hydrogen-bond acceptors (Lipinski definition) is 7. The van der Waals surface area contributed by atoms with Gasteiger partial charge in [-0.3, -0.25) is 14.5 Å². The predicted octanol–water partition coefficient (Wildman–Crippen LogP) is 0.251. The predicted molar refractivity (Wildman–Crippen MR) is 78.6 cm³/mol. The van der Waals surface area contributed by atoms with Gasteiger partial charge in [0.05, 0.1) is 29.8 Å². The first-order valence-corrected chi connectivity index (χ1v) is 6.77. The number of nitrogens with zero attached hydrogens (tertiary/aromatic N) is 3. The van der Waals surface area contributed by atoms with Crippen LogP contribution in [0.15, 0.2) is 21.6 Å². The fourth-order valence-electron chi connectivity index (χ4n) is 2.27. The van der Waals surface area contributed by atoms with E-state index in [-0.39, 0.29) is 11.7 Å². The molecule has 3 N–H and O–H groups in total. The maximum atomic E-state index is 11.0. The molecule has 3 rings (SSSR count). The third kappa shape index (κ3) is 2.76. The van der Waals surface area contributed by atoms with E-state index in [1.807, 2.05) is 7.05 Å². The summed E-state index contributed by atoms with van der Waals surface area (Å²) in [5.41, 5.74) is 2.04. The number of pyridine rings is 1. The summed E-state index contributed by atoms with van der Waals surface area (Å²) in [7, 11) is 3.54. The van der Waals surface area contributed by atoms with Crippen molar-refractivity contribution >= 4 is 11.0 Å². The Hall–Kier alpha value is -2.52. The number of nitrogens with one attached hydrogen (secondary N) is 3. The van der Waals surface area contributed by atoms with E-state index in [1.165, 1.54) is 0 Å². The first-order valence-electron chi connectivity index (χ1n) is 6.77. The van der Waals surface area contributed by atoms with Crippen LogP contribution >= 0.6 is 0 Å². The van der Waals surface area contributed by atoms with E-state index in [0.29, 0.717) is 12.3 Å². The van der Waals surface area contributed by atoms with Crippen LogP contribution in [0.25, 0.3) is 22.6 Å². The van der Waals surface area contributed by atoms with Gasteiger partial charge in [-0.2, -0.15) is 0 Å². The lowest BCUT2D eigenvalue weighted by atomic mass is 10.1. The van der Waals surface area contributed by atoms with E-state index in [2.05, 4.69) is 34.9 Å². The van der Waals surface area contributed by atoms with E-state index in [9.17, 15) is 4.79 Å². The number of rotatable bonds is 6. The van der Waals surface area contributed by atoms with Crippen LogP contribution in [0.4, 0.5) is 0 Å². The summed E-state index contributed by atoms with van der Waals surface area (Å²) in [5.74, 6) is 0.588. The van der Waals surface area contributed by atoms with Crippen molar-refractivity contribution < 1.29 is 9.26 Å². The third-order valence-corrected chi connectivity index (χ3v) is 3.27. The molecule has 3 aromatic rings. The molecule has 0 radical (unpaired) electrons. The van der Waals surface area contributed by atoms with Gasteiger partial charge in [0.15, 0.2) is 0 Å². The van der Waals surface area contributed by atoms with Crippen molar-refractivity contribution in [3.05, 3.63) is 28.6 Å². The number of imidazole rings is 1. The van der Waals surface area contributed by atoms with Crippen LogP contribution in [-0.2, 0) is 4.74 Å². The molecular weight excluding hydrogens is 288 g/mol. The Morgan fingerprint density at radius 3 is 3.00 bits per heavy atom. The van der Waals surface area contributed by atoms with Crippen LogP contribution in [0, 0.1) is 0 Å². The summed E-state index contributed by atoms with van der Waals surface area (Å²) in [6.45, 7) is 1.29. The Morgan fingerprint density at radius 1 is 1.45 bits per heavy atom. The molecular formula is C13H16N6O3. The van der Waals surface area contributed by atoms with Crippen molar-refractivity contribution in [1.29, 1.82) is 0 Å². The zero-order chi connectivity index (χ0) is 15.5. The molecule has 0 bridgehead atoms. The smallest absolute Gasteiger partial charge is 0.384 e. The minimum Gasteiger partial charge on any atom is -0.384 e. The number of fused-ring (bicyclic) bond motifs is 1. The van der Waals surface area contributed by atoms with Crippen molar-refractivity contribution in [2.45, 2.75) is 5.92 Å². The number of aromatic amines is 2. The van der Waals surface area contributed by atoms with Gasteiger partial charge < -0.3 is 15.0 Å². The van der Waals surface area contributed by atoms with Crippen LogP contribution in [0.1, 0.15) is 11.7 Å². The maximum absolute atomic E-state index is 11.0. The van der Waals surface area contributed by atoms with Crippen molar-refractivity contribution in [2.75, 3.05) is 27.3 Å². The van der Waals surface area contributed by atoms with E-state index < -0.39 is 5.76 Å². The molecule has 0 aliphatic carbocycles. The molecule has 0 amide bonds. The zero-order valence-corrected chi connectivity index (χ0v) is 12.2. The fraction of sp³-hybridized carbons (Fsp3) is 0.385. The highest BCUT2D eigenvalue weighted by Gasteiger charge is 2.16. The van der Waals surface area contributed by atoms with Crippen molar-refractivity contribution in [3.8, 4) is 11.5 Å². The summed E-state index contributed by atoms with van der Waals surface area (Å²) < 4.78 is 9.71. The third-order valence-electron chi connectivity index (χ3n) is 3.27. The molecule has 9 nitrogen and oxygen atoms in total. The fourth-order valence-corrected chi connectivity index (χ4v) is 2.27. The van der Waals surface area contributed by atoms with Gasteiger partial charge in [0, 0.05) is 13.7 Å². The summed E-state index contributed by atoms with van der Waals surface area (Å²) in [6.07, 6.45) is 1.65. The monoisotopic (exact) mass is 304 g/mol. The Bertz CT molecular complexity index is 814. The lowest BCUT2D eigenvalue weighted by Crippen LogP contribution is -2.21. The van der Waals surface area contributed by atoms with E-state index >= 15 is 0 Å². The van der Waals surface area contributed by atoms with E-state index in [4.69, 9.17) is 4.74 Å². The van der Waals surface area contributed by atoms with Gasteiger partial charge in [-0.1, -0.05) is 5.16 Å². The Balaban J connectivity index is 1.97. The Kier molecular flexibility index (Phi) is 3.98. The second-order valence-electron chi connectivity index (χ2n) is 4.86. The van der Waals surface area contributed by atoms with E-state index in [0.717, 1.165) is 23.4 Å². The molecule has 0 spiro atoms. The second kappa shape index (κ2) is 6.08. The number of ether oxygens (including phenoxy) is 1. The molecule has 0 fully saturated rings. The molecule has 0 aliphatic rings. The summed E-state index contributed by atoms with van der Waals surface area (Å²) in [6, 6.07) is 1.74. The Morgan fingerprint density at radius 2 is 2.32 bits per heavy atom. The highest BCUT2D eigenvalue weighted by Crippen LogP contribution is 2.20. The van der Waals surface area contributed by atoms with Crippen LogP contribution in [0.3, 0.4) is 0 Å². The van der Waals surface area contributed by atoms with Gasteiger partial charge in [0.25, 0.3) is 0 Å². The topological polar surface area (TPSA) is 122 Å². The van der Waals surface area contributed by atoms with Crippen LogP contribution < -0.4 is 11.1 Å². The van der Waals surface area contributed by atoms with Gasteiger partial charge in [-0.05, 0) is 13.1 Å². The Labute approximate surface area is 125 Å². The number of methoxy groups -OCH3 is 1. The molecule has 0 saturated carbocycles. The summed E-state index contributed by atoms with van der Waals surface area (Å²) in [4.78, 5) is 25.5. The molecule has 0 aromatic carbocycles. The molecule has 22 heavy (non-hydrogen) atoms.